The molecule has 1 heterocycles. The lowest BCUT2D eigenvalue weighted by molar-refractivity contribution is 0.272. The van der Waals surface area contributed by atoms with E-state index in [0.717, 1.165) is 0 Å². The Bertz CT molecular complexity index is 252. The van der Waals surface area contributed by atoms with Crippen molar-refractivity contribution in [1.82, 2.24) is 4.98 Å². The van der Waals surface area contributed by atoms with Crippen LogP contribution in [-0.4, -0.2) is 17.2 Å². The van der Waals surface area contributed by atoms with Crippen molar-refractivity contribution in [1.29, 1.82) is 0 Å². The van der Waals surface area contributed by atoms with E-state index in [1.54, 1.807) is 0 Å². The Morgan fingerprint density at radius 2 is 2.36 bits per heavy atom. The highest BCUT2D eigenvalue weighted by Gasteiger charge is 2.02. The second-order valence-corrected chi connectivity index (χ2v) is 1.96. The zero-order chi connectivity index (χ0) is 8.27. The standard InChI is InChI=1S/C7H8FNO2/c1-11-6-3-2-5(4-10)7(8)9-6/h2-3,10H,4H2,1H3. The lowest BCUT2D eigenvalue weighted by atomic mass is 10.3. The molecule has 1 aromatic rings. The zero-order valence-electron chi connectivity index (χ0n) is 6.04. The predicted octanol–water partition coefficient (Wildman–Crippen LogP) is 0.722. The normalized spacial score (nSPS) is 9.73. The maximum Gasteiger partial charge on any atom is 0.221 e. The van der Waals surface area contributed by atoms with E-state index >= 15 is 0 Å². The number of rotatable bonds is 2. The Hall–Kier alpha value is -1.16. The van der Waals surface area contributed by atoms with Gasteiger partial charge in [-0.15, -0.1) is 0 Å². The summed E-state index contributed by atoms with van der Waals surface area (Å²) in [6.07, 6.45) is 0. The molecule has 0 saturated heterocycles. The number of halogens is 1. The highest BCUT2D eigenvalue weighted by Crippen LogP contribution is 2.10. The van der Waals surface area contributed by atoms with Gasteiger partial charge in [0.25, 0.3) is 0 Å². The first kappa shape index (κ1) is 7.94. The molecule has 3 nitrogen and oxygen atoms in total. The van der Waals surface area contributed by atoms with Crippen LogP contribution in [-0.2, 0) is 6.61 Å². The van der Waals surface area contributed by atoms with Crippen molar-refractivity contribution in [2.24, 2.45) is 0 Å². The average Bonchev–Trinajstić information content (AvgIpc) is 2.04. The van der Waals surface area contributed by atoms with Gasteiger partial charge in [-0.25, -0.2) is 0 Å². The molecule has 0 aromatic carbocycles. The van der Waals surface area contributed by atoms with Crippen molar-refractivity contribution in [3.8, 4) is 5.88 Å². The van der Waals surface area contributed by atoms with Gasteiger partial charge in [-0.05, 0) is 6.07 Å². The topological polar surface area (TPSA) is 42.4 Å². The predicted molar refractivity (Wildman–Crippen MR) is 36.7 cm³/mol. The molecular weight excluding hydrogens is 149 g/mol. The van der Waals surface area contributed by atoms with E-state index in [0.29, 0.717) is 0 Å². The maximum absolute atomic E-state index is 12.7. The molecule has 0 radical (unpaired) electrons. The minimum absolute atomic E-state index is 0.172. The summed E-state index contributed by atoms with van der Waals surface area (Å²) in [4.78, 5) is 3.41. The Morgan fingerprint density at radius 3 is 2.82 bits per heavy atom. The van der Waals surface area contributed by atoms with Crippen molar-refractivity contribution >= 4 is 0 Å². The number of nitrogens with zero attached hydrogens (tertiary/aromatic N) is 1. The van der Waals surface area contributed by atoms with Gasteiger partial charge in [0.15, 0.2) is 0 Å². The summed E-state index contributed by atoms with van der Waals surface area (Å²) in [6.45, 7) is -0.344. The summed E-state index contributed by atoms with van der Waals surface area (Å²) in [5, 5.41) is 8.56. The van der Waals surface area contributed by atoms with Gasteiger partial charge < -0.3 is 9.84 Å². The molecule has 0 aliphatic carbocycles. The molecule has 11 heavy (non-hydrogen) atoms. The van der Waals surface area contributed by atoms with E-state index in [4.69, 9.17) is 5.11 Å². The number of aromatic nitrogens is 1. The van der Waals surface area contributed by atoms with Crippen LogP contribution >= 0.6 is 0 Å². The van der Waals surface area contributed by atoms with Gasteiger partial charge in [0.2, 0.25) is 11.8 Å². The molecule has 0 unspecified atom stereocenters. The number of pyridine rings is 1. The molecule has 1 aromatic heterocycles. The number of aliphatic hydroxyl groups excluding tert-OH is 1. The van der Waals surface area contributed by atoms with E-state index in [1.807, 2.05) is 0 Å². The molecule has 4 heteroatoms. The second kappa shape index (κ2) is 3.30. The molecular formula is C7H8FNO2. The number of methoxy groups -OCH3 is 1. The monoisotopic (exact) mass is 157 g/mol. The minimum Gasteiger partial charge on any atom is -0.481 e. The molecule has 60 valence electrons. The van der Waals surface area contributed by atoms with Gasteiger partial charge in [-0.3, -0.25) is 0 Å². The molecule has 0 spiro atoms. The van der Waals surface area contributed by atoms with Crippen molar-refractivity contribution in [3.63, 3.8) is 0 Å². The van der Waals surface area contributed by atoms with Crippen molar-refractivity contribution in [2.75, 3.05) is 7.11 Å². The summed E-state index contributed by atoms with van der Waals surface area (Å²) in [5.41, 5.74) is 0.172. The SMILES string of the molecule is COc1ccc(CO)c(F)n1. The summed E-state index contributed by atoms with van der Waals surface area (Å²) in [7, 11) is 1.40. The highest BCUT2D eigenvalue weighted by atomic mass is 19.1. The largest absolute Gasteiger partial charge is 0.481 e. The van der Waals surface area contributed by atoms with Crippen molar-refractivity contribution in [3.05, 3.63) is 23.6 Å². The molecule has 1 N–H and O–H groups in total. The third kappa shape index (κ3) is 1.65. The fourth-order valence-electron chi connectivity index (χ4n) is 0.678. The first-order chi connectivity index (χ1) is 5.27. The Balaban J connectivity index is 2.99. The Labute approximate surface area is 63.5 Å². The van der Waals surface area contributed by atoms with E-state index in [1.165, 1.54) is 19.2 Å². The third-order valence-electron chi connectivity index (χ3n) is 1.28. The first-order valence-corrected chi connectivity index (χ1v) is 3.08. The van der Waals surface area contributed by atoms with Crippen molar-refractivity contribution < 1.29 is 14.2 Å². The minimum atomic E-state index is -0.688. The zero-order valence-corrected chi connectivity index (χ0v) is 6.04. The molecule has 0 bridgehead atoms. The summed E-state index contributed by atoms with van der Waals surface area (Å²) in [5.74, 6) is -0.480. The van der Waals surface area contributed by atoms with Crippen LogP contribution in [0.4, 0.5) is 4.39 Å². The van der Waals surface area contributed by atoms with Crippen LogP contribution in [0.15, 0.2) is 12.1 Å². The van der Waals surface area contributed by atoms with E-state index < -0.39 is 5.95 Å². The van der Waals surface area contributed by atoms with Gasteiger partial charge in [-0.2, -0.15) is 9.37 Å². The summed E-state index contributed by atoms with van der Waals surface area (Å²) in [6, 6.07) is 2.93. The van der Waals surface area contributed by atoms with Crippen LogP contribution in [0.1, 0.15) is 5.56 Å². The van der Waals surface area contributed by atoms with Gasteiger partial charge in [0.05, 0.1) is 13.7 Å². The average molecular weight is 157 g/mol. The highest BCUT2D eigenvalue weighted by molar-refractivity contribution is 5.18. The van der Waals surface area contributed by atoms with Crippen LogP contribution in [0.2, 0.25) is 0 Å². The third-order valence-corrected chi connectivity index (χ3v) is 1.28. The van der Waals surface area contributed by atoms with Crippen LogP contribution in [0.5, 0.6) is 5.88 Å². The molecule has 1 rings (SSSR count). The van der Waals surface area contributed by atoms with Crippen LogP contribution < -0.4 is 4.74 Å². The molecule has 0 fully saturated rings. The Morgan fingerprint density at radius 1 is 1.64 bits per heavy atom. The smallest absolute Gasteiger partial charge is 0.221 e. The Kier molecular flexibility index (Phi) is 2.38. The second-order valence-electron chi connectivity index (χ2n) is 1.96. The van der Waals surface area contributed by atoms with Crippen LogP contribution in [0, 0.1) is 5.95 Å². The van der Waals surface area contributed by atoms with Gasteiger partial charge >= 0.3 is 0 Å². The van der Waals surface area contributed by atoms with E-state index in [2.05, 4.69) is 9.72 Å². The molecule has 0 amide bonds. The van der Waals surface area contributed by atoms with Gasteiger partial charge in [-0.1, -0.05) is 0 Å². The lowest BCUT2D eigenvalue weighted by Gasteiger charge is -2.00. The van der Waals surface area contributed by atoms with Crippen LogP contribution in [0.3, 0.4) is 0 Å². The van der Waals surface area contributed by atoms with Crippen LogP contribution in [0.25, 0.3) is 0 Å². The molecule has 0 atom stereocenters. The number of ether oxygens (including phenoxy) is 1. The number of hydrogen-bond donors (Lipinski definition) is 1. The lowest BCUT2D eigenvalue weighted by Crippen LogP contribution is -1.95. The fraction of sp³-hybridized carbons (Fsp3) is 0.286. The number of aliphatic hydroxyl groups is 1. The fourth-order valence-corrected chi connectivity index (χ4v) is 0.678. The van der Waals surface area contributed by atoms with Gasteiger partial charge in [0, 0.05) is 11.6 Å². The molecule has 0 aliphatic rings. The first-order valence-electron chi connectivity index (χ1n) is 3.08. The number of hydrogen-bond acceptors (Lipinski definition) is 3. The summed E-state index contributed by atoms with van der Waals surface area (Å²) >= 11 is 0. The van der Waals surface area contributed by atoms with E-state index in [9.17, 15) is 4.39 Å². The summed E-state index contributed by atoms with van der Waals surface area (Å²) < 4.78 is 17.3. The van der Waals surface area contributed by atoms with Gasteiger partial charge in [0.1, 0.15) is 0 Å². The quantitative estimate of drug-likeness (QED) is 0.643. The molecule has 0 saturated carbocycles. The van der Waals surface area contributed by atoms with Crippen molar-refractivity contribution in [2.45, 2.75) is 6.61 Å². The molecule has 0 aliphatic heterocycles. The van der Waals surface area contributed by atoms with E-state index in [-0.39, 0.29) is 18.1 Å². The maximum atomic E-state index is 12.7.